The smallest absolute Gasteiger partial charge is 0.294 e. The second-order valence-corrected chi connectivity index (χ2v) is 8.36. The quantitative estimate of drug-likeness (QED) is 0.336. The van der Waals surface area contributed by atoms with Gasteiger partial charge >= 0.3 is 0 Å². The molecule has 0 atom stereocenters. The first kappa shape index (κ1) is 24.0. The highest BCUT2D eigenvalue weighted by Gasteiger charge is 2.36. The van der Waals surface area contributed by atoms with Crippen molar-refractivity contribution in [2.75, 3.05) is 25.1 Å². The van der Waals surface area contributed by atoms with Gasteiger partial charge in [0.2, 0.25) is 5.91 Å². The van der Waals surface area contributed by atoms with Gasteiger partial charge in [-0.1, -0.05) is 36.4 Å². The van der Waals surface area contributed by atoms with E-state index in [1.807, 2.05) is 30.3 Å². The molecule has 3 aromatic rings. The van der Waals surface area contributed by atoms with Gasteiger partial charge in [-0.05, 0) is 60.3 Å². The summed E-state index contributed by atoms with van der Waals surface area (Å²) in [7, 11) is 0. The SMILES string of the molecule is O=C(CN1C(=O)S/C(=C/c2ccccc2OCCOc2ccccc2)C1=O)Nc1ccc(F)cc1. The number of thioether (sulfide) groups is 1. The van der Waals surface area contributed by atoms with Gasteiger partial charge in [0.25, 0.3) is 11.1 Å². The maximum Gasteiger partial charge on any atom is 0.294 e. The van der Waals surface area contributed by atoms with Crippen LogP contribution in [0.15, 0.2) is 83.8 Å². The highest BCUT2D eigenvalue weighted by molar-refractivity contribution is 8.18. The molecule has 7 nitrogen and oxygen atoms in total. The summed E-state index contributed by atoms with van der Waals surface area (Å²) in [6.07, 6.45) is 1.57. The molecule has 1 heterocycles. The Bertz CT molecular complexity index is 1250. The van der Waals surface area contributed by atoms with Gasteiger partial charge in [-0.15, -0.1) is 0 Å². The molecule has 0 bridgehead atoms. The molecule has 9 heteroatoms. The van der Waals surface area contributed by atoms with Crippen LogP contribution in [0.5, 0.6) is 11.5 Å². The molecule has 4 rings (SSSR count). The number of carbonyl (C=O) groups is 3. The lowest BCUT2D eigenvalue weighted by Crippen LogP contribution is -2.36. The first-order chi connectivity index (χ1) is 17.0. The van der Waals surface area contributed by atoms with Gasteiger partial charge < -0.3 is 14.8 Å². The molecule has 1 saturated heterocycles. The molecular weight excluding hydrogens is 471 g/mol. The standard InChI is InChI=1S/C26H21FN2O5S/c27-19-10-12-20(13-11-19)28-24(30)17-29-25(31)23(35-26(29)32)16-18-6-4-5-9-22(18)34-15-14-33-21-7-2-1-3-8-21/h1-13,16H,14-15,17H2,(H,28,30)/b23-16+. The van der Waals surface area contributed by atoms with Crippen LogP contribution in [-0.2, 0) is 9.59 Å². The van der Waals surface area contributed by atoms with Gasteiger partial charge in [-0.3, -0.25) is 19.3 Å². The molecule has 0 spiro atoms. The number of amides is 3. The van der Waals surface area contributed by atoms with E-state index in [4.69, 9.17) is 9.47 Å². The lowest BCUT2D eigenvalue weighted by Gasteiger charge is -2.12. The van der Waals surface area contributed by atoms with Crippen molar-refractivity contribution in [3.63, 3.8) is 0 Å². The molecule has 1 N–H and O–H groups in total. The summed E-state index contributed by atoms with van der Waals surface area (Å²) in [6, 6.07) is 21.7. The molecule has 178 valence electrons. The molecule has 0 unspecified atom stereocenters. The molecule has 0 radical (unpaired) electrons. The summed E-state index contributed by atoms with van der Waals surface area (Å²) in [5.74, 6) is -0.308. The molecule has 1 aliphatic heterocycles. The van der Waals surface area contributed by atoms with E-state index < -0.39 is 29.4 Å². The number of halogens is 1. The largest absolute Gasteiger partial charge is 0.490 e. The van der Waals surface area contributed by atoms with Gasteiger partial charge in [0.1, 0.15) is 37.1 Å². The molecule has 3 aromatic carbocycles. The Morgan fingerprint density at radius 3 is 2.37 bits per heavy atom. The van der Waals surface area contributed by atoms with Crippen LogP contribution >= 0.6 is 11.8 Å². The number of benzene rings is 3. The first-order valence-electron chi connectivity index (χ1n) is 10.7. The fraction of sp³-hybridized carbons (Fsp3) is 0.115. The maximum atomic E-state index is 13.0. The molecule has 0 saturated carbocycles. The number of hydrogen-bond acceptors (Lipinski definition) is 6. The van der Waals surface area contributed by atoms with Crippen LogP contribution < -0.4 is 14.8 Å². The van der Waals surface area contributed by atoms with Crippen LogP contribution in [0.25, 0.3) is 6.08 Å². The van der Waals surface area contributed by atoms with Crippen LogP contribution in [0.1, 0.15) is 5.56 Å². The number of imide groups is 1. The molecule has 0 aromatic heterocycles. The molecule has 35 heavy (non-hydrogen) atoms. The Morgan fingerprint density at radius 1 is 0.914 bits per heavy atom. The zero-order valence-corrected chi connectivity index (χ0v) is 19.3. The fourth-order valence-electron chi connectivity index (χ4n) is 3.21. The molecule has 1 aliphatic rings. The van der Waals surface area contributed by atoms with Crippen LogP contribution in [0.3, 0.4) is 0 Å². The topological polar surface area (TPSA) is 84.9 Å². The lowest BCUT2D eigenvalue weighted by atomic mass is 10.2. The van der Waals surface area contributed by atoms with Crippen molar-refractivity contribution in [3.8, 4) is 11.5 Å². The third-order valence-corrected chi connectivity index (χ3v) is 5.77. The second kappa shape index (κ2) is 11.3. The van der Waals surface area contributed by atoms with Crippen LogP contribution in [0.2, 0.25) is 0 Å². The fourth-order valence-corrected chi connectivity index (χ4v) is 4.04. The van der Waals surface area contributed by atoms with Gasteiger partial charge in [-0.2, -0.15) is 0 Å². The lowest BCUT2D eigenvalue weighted by molar-refractivity contribution is -0.127. The van der Waals surface area contributed by atoms with E-state index in [0.29, 0.717) is 23.6 Å². The zero-order chi connectivity index (χ0) is 24.6. The van der Waals surface area contributed by atoms with E-state index in [-0.39, 0.29) is 11.5 Å². The highest BCUT2D eigenvalue weighted by atomic mass is 32.2. The first-order valence-corrected chi connectivity index (χ1v) is 11.5. The number of rotatable bonds is 9. The van der Waals surface area contributed by atoms with Crippen molar-refractivity contribution in [1.29, 1.82) is 0 Å². The van der Waals surface area contributed by atoms with Crippen molar-refractivity contribution in [2.45, 2.75) is 0 Å². The van der Waals surface area contributed by atoms with Crippen molar-refractivity contribution in [3.05, 3.63) is 95.1 Å². The molecule has 0 aliphatic carbocycles. The summed E-state index contributed by atoms with van der Waals surface area (Å²) >= 11 is 0.750. The van der Waals surface area contributed by atoms with E-state index >= 15 is 0 Å². The predicted octanol–water partition coefficient (Wildman–Crippen LogP) is 4.96. The van der Waals surface area contributed by atoms with E-state index in [9.17, 15) is 18.8 Å². The highest BCUT2D eigenvalue weighted by Crippen LogP contribution is 2.34. The number of carbonyl (C=O) groups excluding carboxylic acids is 3. The number of nitrogens with one attached hydrogen (secondary N) is 1. The van der Waals surface area contributed by atoms with Gasteiger partial charge in [0.05, 0.1) is 4.91 Å². The zero-order valence-electron chi connectivity index (χ0n) is 18.5. The molecule has 3 amide bonds. The molecule has 1 fully saturated rings. The van der Waals surface area contributed by atoms with Gasteiger partial charge in [-0.25, -0.2) is 4.39 Å². The van der Waals surface area contributed by atoms with Crippen molar-refractivity contribution < 1.29 is 28.2 Å². The number of hydrogen-bond donors (Lipinski definition) is 1. The van der Waals surface area contributed by atoms with E-state index in [1.165, 1.54) is 24.3 Å². The normalized spacial score (nSPS) is 14.3. The average molecular weight is 493 g/mol. The maximum absolute atomic E-state index is 13.0. The van der Waals surface area contributed by atoms with Crippen LogP contribution in [-0.4, -0.2) is 41.7 Å². The van der Waals surface area contributed by atoms with Crippen LogP contribution in [0, 0.1) is 5.82 Å². The minimum atomic E-state index is -0.573. The van der Waals surface area contributed by atoms with Crippen molar-refractivity contribution >= 4 is 40.6 Å². The third-order valence-electron chi connectivity index (χ3n) is 4.86. The monoisotopic (exact) mass is 492 g/mol. The summed E-state index contributed by atoms with van der Waals surface area (Å²) in [4.78, 5) is 38.6. The van der Waals surface area contributed by atoms with Crippen LogP contribution in [0.4, 0.5) is 14.9 Å². The summed E-state index contributed by atoms with van der Waals surface area (Å²) in [5.41, 5.74) is 0.981. The van der Waals surface area contributed by atoms with Gasteiger partial charge in [0.15, 0.2) is 0 Å². The Hall–Kier alpha value is -4.11. The van der Waals surface area contributed by atoms with Gasteiger partial charge in [0, 0.05) is 11.3 Å². The summed E-state index contributed by atoms with van der Waals surface area (Å²) in [5, 5.41) is 1.99. The Morgan fingerprint density at radius 2 is 1.60 bits per heavy atom. The predicted molar refractivity (Wildman–Crippen MR) is 132 cm³/mol. The minimum absolute atomic E-state index is 0.182. The second-order valence-electron chi connectivity index (χ2n) is 7.37. The van der Waals surface area contributed by atoms with Crippen molar-refractivity contribution in [1.82, 2.24) is 4.90 Å². The van der Waals surface area contributed by atoms with E-state index in [2.05, 4.69) is 5.32 Å². The Kier molecular flexibility index (Phi) is 7.79. The van der Waals surface area contributed by atoms with E-state index in [0.717, 1.165) is 22.4 Å². The minimum Gasteiger partial charge on any atom is -0.490 e. The third kappa shape index (κ3) is 6.48. The molecular formula is C26H21FN2O5S. The summed E-state index contributed by atoms with van der Waals surface area (Å²) < 4.78 is 24.5. The number of nitrogens with zero attached hydrogens (tertiary/aromatic N) is 1. The average Bonchev–Trinajstić information content (AvgIpc) is 3.12. The number of para-hydroxylation sites is 2. The number of ether oxygens (including phenoxy) is 2. The van der Waals surface area contributed by atoms with Crippen molar-refractivity contribution in [2.24, 2.45) is 0 Å². The van der Waals surface area contributed by atoms with E-state index in [1.54, 1.807) is 30.3 Å². The number of anilines is 1. The Labute approximate surface area is 205 Å². The summed E-state index contributed by atoms with van der Waals surface area (Å²) in [6.45, 7) is 0.164. The Balaban J connectivity index is 1.37.